The van der Waals surface area contributed by atoms with E-state index in [0.29, 0.717) is 5.56 Å². The summed E-state index contributed by atoms with van der Waals surface area (Å²) >= 11 is 23.9. The lowest BCUT2D eigenvalue weighted by Crippen LogP contribution is -2.01. The molecule has 0 spiro atoms. The molecule has 8 heteroatoms. The van der Waals surface area contributed by atoms with Gasteiger partial charge in [-0.3, -0.25) is 0 Å². The van der Waals surface area contributed by atoms with E-state index in [1.807, 2.05) is 0 Å². The van der Waals surface area contributed by atoms with Gasteiger partial charge < -0.3 is 0 Å². The van der Waals surface area contributed by atoms with Crippen molar-refractivity contribution in [1.82, 2.24) is 4.98 Å². The van der Waals surface area contributed by atoms with Crippen LogP contribution in [0.4, 0.5) is 0 Å². The summed E-state index contributed by atoms with van der Waals surface area (Å²) in [5, 5.41) is 0.0214. The number of nitrogens with zero attached hydrogens (tertiary/aromatic N) is 1. The van der Waals surface area contributed by atoms with E-state index in [9.17, 15) is 8.42 Å². The summed E-state index contributed by atoms with van der Waals surface area (Å²) in [5.74, 6) is 0. The van der Waals surface area contributed by atoms with Crippen LogP contribution in [0.15, 0.2) is 29.2 Å². The summed E-state index contributed by atoms with van der Waals surface area (Å²) in [5.41, 5.74) is 0.579. The van der Waals surface area contributed by atoms with E-state index in [2.05, 4.69) is 4.98 Å². The average molecular weight is 371 g/mol. The molecule has 0 bridgehead atoms. The van der Waals surface area contributed by atoms with Gasteiger partial charge in [0, 0.05) is 17.4 Å². The Hall–Kier alpha value is -0.520. The van der Waals surface area contributed by atoms with Crippen LogP contribution < -0.4 is 0 Å². The standard InChI is InChI=1S/C12H7Cl4NO2S/c1-20(18,19)7-5-3-2-4-6(7)8-9(13)11(15)17-12(16)10(8)14/h2-5H,1H3. The predicted molar refractivity (Wildman–Crippen MR) is 82.8 cm³/mol. The number of benzene rings is 1. The number of aromatic nitrogens is 1. The molecule has 106 valence electrons. The van der Waals surface area contributed by atoms with E-state index < -0.39 is 9.84 Å². The molecule has 0 fully saturated rings. The van der Waals surface area contributed by atoms with Crippen molar-refractivity contribution in [2.45, 2.75) is 4.90 Å². The van der Waals surface area contributed by atoms with Gasteiger partial charge in [-0.25, -0.2) is 13.4 Å². The van der Waals surface area contributed by atoms with Crippen molar-refractivity contribution in [3.8, 4) is 11.1 Å². The maximum atomic E-state index is 11.9. The molecular weight excluding hydrogens is 364 g/mol. The highest BCUT2D eigenvalue weighted by atomic mass is 35.5. The minimum absolute atomic E-state index is 0.0422. The highest BCUT2D eigenvalue weighted by Crippen LogP contribution is 2.43. The molecule has 1 aromatic carbocycles. The zero-order chi connectivity index (χ0) is 15.1. The van der Waals surface area contributed by atoms with Crippen LogP contribution in [-0.2, 0) is 9.84 Å². The first-order chi connectivity index (χ1) is 9.23. The molecule has 0 saturated carbocycles. The van der Waals surface area contributed by atoms with E-state index >= 15 is 0 Å². The fraction of sp³-hybridized carbons (Fsp3) is 0.0833. The molecule has 2 rings (SSSR count). The van der Waals surface area contributed by atoms with Crippen LogP contribution in [0.3, 0.4) is 0 Å². The van der Waals surface area contributed by atoms with Crippen molar-refractivity contribution < 1.29 is 8.42 Å². The number of hydrogen-bond acceptors (Lipinski definition) is 3. The Labute approximate surface area is 136 Å². The Balaban J connectivity index is 2.90. The maximum absolute atomic E-state index is 11.9. The van der Waals surface area contributed by atoms with Gasteiger partial charge in [-0.05, 0) is 6.07 Å². The smallest absolute Gasteiger partial charge is 0.176 e. The number of pyridine rings is 1. The Bertz CT molecular complexity index is 764. The van der Waals surface area contributed by atoms with Gasteiger partial charge in [0.25, 0.3) is 0 Å². The van der Waals surface area contributed by atoms with Crippen LogP contribution in [-0.4, -0.2) is 19.7 Å². The van der Waals surface area contributed by atoms with E-state index in [4.69, 9.17) is 46.4 Å². The van der Waals surface area contributed by atoms with Crippen molar-refractivity contribution in [1.29, 1.82) is 0 Å². The third-order valence-electron chi connectivity index (χ3n) is 2.55. The second-order valence-corrected chi connectivity index (χ2v) is 7.42. The molecule has 0 unspecified atom stereocenters. The minimum atomic E-state index is -3.46. The summed E-state index contributed by atoms with van der Waals surface area (Å²) in [4.78, 5) is 3.85. The molecule has 0 amide bonds. The number of hydrogen-bond donors (Lipinski definition) is 0. The molecule has 0 radical (unpaired) electrons. The highest BCUT2D eigenvalue weighted by Gasteiger charge is 2.22. The molecule has 0 N–H and O–H groups in total. The van der Waals surface area contributed by atoms with Crippen LogP contribution >= 0.6 is 46.4 Å². The first-order valence-electron chi connectivity index (χ1n) is 5.23. The summed E-state index contributed by atoms with van der Waals surface area (Å²) in [6.07, 6.45) is 1.10. The van der Waals surface area contributed by atoms with E-state index in [1.165, 1.54) is 6.07 Å². The Kier molecular flexibility index (Phi) is 4.52. The van der Waals surface area contributed by atoms with Gasteiger partial charge in [-0.15, -0.1) is 0 Å². The molecule has 0 saturated heterocycles. The Morgan fingerprint density at radius 2 is 1.45 bits per heavy atom. The van der Waals surface area contributed by atoms with E-state index in [1.54, 1.807) is 18.2 Å². The van der Waals surface area contributed by atoms with Gasteiger partial charge in [0.05, 0.1) is 14.9 Å². The molecular formula is C12H7Cl4NO2S. The van der Waals surface area contributed by atoms with Crippen LogP contribution in [0.25, 0.3) is 11.1 Å². The monoisotopic (exact) mass is 369 g/mol. The van der Waals surface area contributed by atoms with Gasteiger partial charge in [0.15, 0.2) is 9.84 Å². The van der Waals surface area contributed by atoms with E-state index in [0.717, 1.165) is 6.26 Å². The number of rotatable bonds is 2. The van der Waals surface area contributed by atoms with Crippen molar-refractivity contribution in [3.63, 3.8) is 0 Å². The molecule has 20 heavy (non-hydrogen) atoms. The molecule has 1 aromatic heterocycles. The second-order valence-electron chi connectivity index (χ2n) is 3.96. The first-order valence-corrected chi connectivity index (χ1v) is 8.63. The van der Waals surface area contributed by atoms with Crippen LogP contribution in [0, 0.1) is 0 Å². The molecule has 0 aliphatic rings. The third kappa shape index (κ3) is 2.90. The first kappa shape index (κ1) is 15.9. The third-order valence-corrected chi connectivity index (χ3v) is 5.18. The lowest BCUT2D eigenvalue weighted by Gasteiger charge is -2.13. The summed E-state index contributed by atoms with van der Waals surface area (Å²) in [6.45, 7) is 0. The fourth-order valence-corrected chi connectivity index (χ4v) is 3.54. The van der Waals surface area contributed by atoms with Crippen LogP contribution in [0.1, 0.15) is 0 Å². The van der Waals surface area contributed by atoms with Crippen molar-refractivity contribution in [3.05, 3.63) is 44.6 Å². The van der Waals surface area contributed by atoms with Gasteiger partial charge in [0.2, 0.25) is 0 Å². The van der Waals surface area contributed by atoms with Crippen LogP contribution in [0.5, 0.6) is 0 Å². The quantitative estimate of drug-likeness (QED) is 0.715. The summed E-state index contributed by atoms with van der Waals surface area (Å²) in [6, 6.07) is 6.31. The average Bonchev–Trinajstić information content (AvgIpc) is 2.36. The zero-order valence-corrected chi connectivity index (χ0v) is 13.8. The Morgan fingerprint density at radius 3 is 1.95 bits per heavy atom. The van der Waals surface area contributed by atoms with Crippen LogP contribution in [0.2, 0.25) is 20.4 Å². The summed E-state index contributed by atoms with van der Waals surface area (Å²) in [7, 11) is -3.46. The molecule has 0 atom stereocenters. The van der Waals surface area contributed by atoms with Crippen molar-refractivity contribution >= 4 is 56.2 Å². The normalized spacial score (nSPS) is 11.7. The van der Waals surface area contributed by atoms with Gasteiger partial charge in [-0.1, -0.05) is 64.6 Å². The molecule has 3 nitrogen and oxygen atoms in total. The van der Waals surface area contributed by atoms with Crippen molar-refractivity contribution in [2.75, 3.05) is 6.26 Å². The van der Waals surface area contributed by atoms with Gasteiger partial charge in [-0.2, -0.15) is 0 Å². The second kappa shape index (κ2) is 5.70. The lowest BCUT2D eigenvalue weighted by atomic mass is 10.1. The fourth-order valence-electron chi connectivity index (χ4n) is 1.72. The SMILES string of the molecule is CS(=O)(=O)c1ccccc1-c1c(Cl)c(Cl)nc(Cl)c1Cl. The Morgan fingerprint density at radius 1 is 0.950 bits per heavy atom. The molecule has 2 aromatic rings. The molecule has 0 aliphatic carbocycles. The maximum Gasteiger partial charge on any atom is 0.176 e. The molecule has 1 heterocycles. The predicted octanol–water partition coefficient (Wildman–Crippen LogP) is 4.77. The van der Waals surface area contributed by atoms with Crippen molar-refractivity contribution in [2.24, 2.45) is 0 Å². The lowest BCUT2D eigenvalue weighted by molar-refractivity contribution is 0.602. The van der Waals surface area contributed by atoms with Gasteiger partial charge in [0.1, 0.15) is 10.3 Å². The minimum Gasteiger partial charge on any atom is -0.224 e. The topological polar surface area (TPSA) is 47.0 Å². The van der Waals surface area contributed by atoms with Gasteiger partial charge >= 0.3 is 0 Å². The number of halogens is 4. The number of sulfone groups is 1. The zero-order valence-electron chi connectivity index (χ0n) is 9.99. The largest absolute Gasteiger partial charge is 0.224 e. The highest BCUT2D eigenvalue weighted by molar-refractivity contribution is 7.90. The summed E-state index contributed by atoms with van der Waals surface area (Å²) < 4.78 is 23.7. The molecule has 0 aliphatic heterocycles. The van der Waals surface area contributed by atoms with E-state index in [-0.39, 0.29) is 30.8 Å².